The molecule has 3 aromatic rings. The maximum absolute atomic E-state index is 12.4. The van der Waals surface area contributed by atoms with Crippen molar-refractivity contribution in [2.24, 2.45) is 0 Å². The normalized spacial score (nSPS) is 11.1. The molecule has 3 rings (SSSR count). The molecule has 0 aromatic heterocycles. The summed E-state index contributed by atoms with van der Waals surface area (Å²) in [5, 5.41) is 63.1. The van der Waals surface area contributed by atoms with E-state index >= 15 is 0 Å². The number of hydrogen-bond donors (Lipinski definition) is 6. The highest BCUT2D eigenvalue weighted by Gasteiger charge is 2.31. The van der Waals surface area contributed by atoms with Gasteiger partial charge in [-0.05, 0) is 29.8 Å². The molecule has 0 saturated heterocycles. The lowest BCUT2D eigenvalue weighted by molar-refractivity contribution is 0.0976. The van der Waals surface area contributed by atoms with Gasteiger partial charge in [-0.3, -0.25) is 9.59 Å². The molecule has 178 valence electrons. The fourth-order valence-corrected chi connectivity index (χ4v) is 3.89. The van der Waals surface area contributed by atoms with Crippen molar-refractivity contribution in [3.8, 4) is 34.5 Å². The number of phenols is 6. The van der Waals surface area contributed by atoms with E-state index in [0.29, 0.717) is 10.6 Å². The van der Waals surface area contributed by atoms with E-state index in [0.717, 1.165) is 0 Å². The number of hydrogen-bond acceptors (Lipinski definition) is 8. The number of benzene rings is 3. The van der Waals surface area contributed by atoms with Gasteiger partial charge in [-0.2, -0.15) is 0 Å². The summed E-state index contributed by atoms with van der Waals surface area (Å²) in [6.07, 6.45) is -0.0214. The van der Waals surface area contributed by atoms with Crippen LogP contribution in [0.25, 0.3) is 0 Å². The Hall–Kier alpha value is -3.91. The van der Waals surface area contributed by atoms with Gasteiger partial charge in [0.05, 0.1) is 11.1 Å². The highest BCUT2D eigenvalue weighted by atomic mass is 35.5. The second-order valence-corrected chi connectivity index (χ2v) is 8.09. The highest BCUT2D eigenvalue weighted by molar-refractivity contribution is 6.30. The predicted molar refractivity (Wildman–Crippen MR) is 125 cm³/mol. The first-order valence-electron chi connectivity index (χ1n) is 10.4. The molecule has 3 aromatic carbocycles. The van der Waals surface area contributed by atoms with E-state index in [-0.39, 0.29) is 35.1 Å². The summed E-state index contributed by atoms with van der Waals surface area (Å²) < 4.78 is 0. The second kappa shape index (κ2) is 9.52. The zero-order chi connectivity index (χ0) is 25.3. The van der Waals surface area contributed by atoms with Crippen molar-refractivity contribution in [2.45, 2.75) is 32.6 Å². The standard InChI is InChI=1S/C25H23ClO8/c1-3-17(27)13-9-15(22(31)24(33)20(13)29)19(11-5-7-12(26)8-6-11)16-10-14(18(28)4-2)21(30)25(34)23(16)32/h5-10,19,29-34H,3-4H2,1-2H3. The quantitative estimate of drug-likeness (QED) is 0.156. The van der Waals surface area contributed by atoms with Crippen LogP contribution in [-0.2, 0) is 0 Å². The topological polar surface area (TPSA) is 156 Å². The molecule has 0 amide bonds. The Labute approximate surface area is 199 Å². The summed E-state index contributed by atoms with van der Waals surface area (Å²) in [5.41, 5.74) is -0.359. The molecule has 34 heavy (non-hydrogen) atoms. The summed E-state index contributed by atoms with van der Waals surface area (Å²) in [6, 6.07) is 8.47. The van der Waals surface area contributed by atoms with Gasteiger partial charge in [-0.25, -0.2) is 0 Å². The number of carbonyl (C=O) groups is 2. The maximum Gasteiger partial charge on any atom is 0.201 e. The minimum Gasteiger partial charge on any atom is -0.504 e. The van der Waals surface area contributed by atoms with Crippen molar-refractivity contribution < 1.29 is 40.2 Å². The van der Waals surface area contributed by atoms with E-state index in [1.807, 2.05) is 0 Å². The van der Waals surface area contributed by atoms with Crippen LogP contribution in [0.15, 0.2) is 36.4 Å². The fourth-order valence-electron chi connectivity index (χ4n) is 3.77. The van der Waals surface area contributed by atoms with Gasteiger partial charge in [0, 0.05) is 34.9 Å². The van der Waals surface area contributed by atoms with Gasteiger partial charge in [-0.1, -0.05) is 37.6 Å². The Bertz CT molecular complexity index is 1200. The molecule has 6 N–H and O–H groups in total. The van der Waals surface area contributed by atoms with Gasteiger partial charge >= 0.3 is 0 Å². The van der Waals surface area contributed by atoms with Crippen LogP contribution in [0.5, 0.6) is 34.5 Å². The molecule has 0 unspecified atom stereocenters. The smallest absolute Gasteiger partial charge is 0.201 e. The van der Waals surface area contributed by atoms with Crippen LogP contribution >= 0.6 is 11.6 Å². The minimum absolute atomic E-state index is 0.0107. The molecule has 0 fully saturated rings. The van der Waals surface area contributed by atoms with E-state index < -0.39 is 52.0 Å². The van der Waals surface area contributed by atoms with E-state index in [4.69, 9.17) is 11.6 Å². The van der Waals surface area contributed by atoms with Crippen LogP contribution in [0.3, 0.4) is 0 Å². The van der Waals surface area contributed by atoms with Crippen molar-refractivity contribution in [2.75, 3.05) is 0 Å². The molecule has 0 atom stereocenters. The van der Waals surface area contributed by atoms with E-state index in [2.05, 4.69) is 0 Å². The average Bonchev–Trinajstić information content (AvgIpc) is 2.83. The SMILES string of the molecule is CCC(=O)c1cc(C(c2ccc(Cl)cc2)c2cc(C(=O)CC)c(O)c(O)c2O)c(O)c(O)c1O. The number of carbonyl (C=O) groups excluding carboxylic acids is 2. The Morgan fingerprint density at radius 3 is 1.41 bits per heavy atom. The third kappa shape index (κ3) is 4.20. The molecule has 0 heterocycles. The molecule has 0 aliphatic carbocycles. The molecule has 0 spiro atoms. The first-order chi connectivity index (χ1) is 16.0. The molecule has 0 saturated carbocycles. The van der Waals surface area contributed by atoms with E-state index in [1.165, 1.54) is 24.3 Å². The van der Waals surface area contributed by atoms with Gasteiger partial charge in [0.15, 0.2) is 34.6 Å². The molecular weight excluding hydrogens is 464 g/mol. The first kappa shape index (κ1) is 24.7. The number of rotatable bonds is 7. The van der Waals surface area contributed by atoms with Gasteiger partial charge in [0.25, 0.3) is 0 Å². The summed E-state index contributed by atoms with van der Waals surface area (Å²) in [5.74, 6) is -7.26. The van der Waals surface area contributed by atoms with Crippen LogP contribution in [0.2, 0.25) is 5.02 Å². The van der Waals surface area contributed by atoms with Crippen LogP contribution in [0.4, 0.5) is 0 Å². The second-order valence-electron chi connectivity index (χ2n) is 7.66. The molecular formula is C25H23ClO8. The zero-order valence-corrected chi connectivity index (χ0v) is 19.1. The predicted octanol–water partition coefficient (Wildman–Crippen LogP) is 4.94. The van der Waals surface area contributed by atoms with Crippen molar-refractivity contribution in [1.82, 2.24) is 0 Å². The van der Waals surface area contributed by atoms with Gasteiger partial charge in [-0.15, -0.1) is 0 Å². The van der Waals surface area contributed by atoms with Crippen LogP contribution in [0.1, 0.15) is 70.0 Å². The lowest BCUT2D eigenvalue weighted by Crippen LogP contribution is -2.09. The van der Waals surface area contributed by atoms with E-state index in [9.17, 15) is 40.2 Å². The van der Waals surface area contributed by atoms with Crippen LogP contribution in [-0.4, -0.2) is 42.2 Å². The number of ketones is 2. The fraction of sp³-hybridized carbons (Fsp3) is 0.200. The summed E-state index contributed by atoms with van der Waals surface area (Å²) >= 11 is 6.00. The Morgan fingerprint density at radius 2 is 1.06 bits per heavy atom. The van der Waals surface area contributed by atoms with Crippen molar-refractivity contribution in [3.05, 3.63) is 69.2 Å². The number of Topliss-reactive ketones (excluding diaryl/α,β-unsaturated/α-hetero) is 2. The molecule has 0 bridgehead atoms. The lowest BCUT2D eigenvalue weighted by atomic mass is 9.81. The maximum atomic E-state index is 12.4. The summed E-state index contributed by atoms with van der Waals surface area (Å²) in [7, 11) is 0. The zero-order valence-electron chi connectivity index (χ0n) is 18.3. The molecule has 0 radical (unpaired) electrons. The third-order valence-electron chi connectivity index (χ3n) is 5.62. The van der Waals surface area contributed by atoms with Crippen molar-refractivity contribution >= 4 is 23.2 Å². The van der Waals surface area contributed by atoms with Crippen molar-refractivity contribution in [1.29, 1.82) is 0 Å². The molecule has 8 nitrogen and oxygen atoms in total. The molecule has 0 aliphatic rings. The third-order valence-corrected chi connectivity index (χ3v) is 5.87. The number of phenolic OH excluding ortho intramolecular Hbond substituents is 6. The lowest BCUT2D eigenvalue weighted by Gasteiger charge is -2.24. The monoisotopic (exact) mass is 486 g/mol. The largest absolute Gasteiger partial charge is 0.504 e. The van der Waals surface area contributed by atoms with Crippen LogP contribution < -0.4 is 0 Å². The Balaban J connectivity index is 2.44. The number of halogens is 1. The summed E-state index contributed by atoms with van der Waals surface area (Å²) in [4.78, 5) is 24.8. The summed E-state index contributed by atoms with van der Waals surface area (Å²) in [6.45, 7) is 3.10. The van der Waals surface area contributed by atoms with E-state index in [1.54, 1.807) is 26.0 Å². The van der Waals surface area contributed by atoms with Crippen LogP contribution in [0, 0.1) is 0 Å². The highest BCUT2D eigenvalue weighted by Crippen LogP contribution is 2.51. The first-order valence-corrected chi connectivity index (χ1v) is 10.8. The Kier molecular flexibility index (Phi) is 6.93. The minimum atomic E-state index is -1.16. The van der Waals surface area contributed by atoms with Crippen molar-refractivity contribution in [3.63, 3.8) is 0 Å². The van der Waals surface area contributed by atoms with Gasteiger partial charge < -0.3 is 30.6 Å². The molecule has 0 aliphatic heterocycles. The average molecular weight is 487 g/mol. The van der Waals surface area contributed by atoms with Gasteiger partial charge in [0.1, 0.15) is 0 Å². The Morgan fingerprint density at radius 1 is 0.676 bits per heavy atom. The van der Waals surface area contributed by atoms with Gasteiger partial charge in [0.2, 0.25) is 11.5 Å². The molecule has 9 heteroatoms. The number of aromatic hydroxyl groups is 6.